The van der Waals surface area contributed by atoms with Gasteiger partial charge in [0.15, 0.2) is 5.17 Å². The van der Waals surface area contributed by atoms with Gasteiger partial charge >= 0.3 is 0 Å². The quantitative estimate of drug-likeness (QED) is 0.344. The fourth-order valence-electron chi connectivity index (χ4n) is 5.01. The molecule has 0 unspecified atom stereocenters. The molecule has 3 heterocycles. The largest absolute Gasteiger partial charge is 0.370 e. The molecule has 0 N–H and O–H groups in total. The first-order valence-corrected chi connectivity index (χ1v) is 14.4. The molecule has 0 radical (unpaired) electrons. The number of nitriles is 1. The number of aliphatic imine (C=N–C) groups is 1. The molecular weight excluding hydrogens is 510 g/mol. The van der Waals surface area contributed by atoms with E-state index in [9.17, 15) is 10.1 Å². The van der Waals surface area contributed by atoms with Gasteiger partial charge in [-0.2, -0.15) is 5.26 Å². The molecule has 8 heteroatoms. The van der Waals surface area contributed by atoms with E-state index >= 15 is 0 Å². The number of carbonyl (C=O) groups excluding carboxylic acids is 1. The van der Waals surface area contributed by atoms with Crippen molar-refractivity contribution in [1.82, 2.24) is 4.90 Å². The van der Waals surface area contributed by atoms with Gasteiger partial charge in [0.05, 0.1) is 40.3 Å². The smallest absolute Gasteiger partial charge is 0.269 e. The van der Waals surface area contributed by atoms with Crippen LogP contribution in [0, 0.1) is 11.3 Å². The van der Waals surface area contributed by atoms with Crippen molar-refractivity contribution < 1.29 is 4.79 Å². The maximum absolute atomic E-state index is 14.0. The number of piperidine rings is 1. The molecule has 3 aromatic carbocycles. The number of thioether (sulfide) groups is 2. The number of hydrogen-bond acceptors (Lipinski definition) is 7. The van der Waals surface area contributed by atoms with E-state index in [2.05, 4.69) is 28.0 Å². The summed E-state index contributed by atoms with van der Waals surface area (Å²) in [7, 11) is 2.01. The number of fused-ring (bicyclic) bond motifs is 1. The number of rotatable bonds is 4. The van der Waals surface area contributed by atoms with Crippen molar-refractivity contribution in [1.29, 1.82) is 5.26 Å². The van der Waals surface area contributed by atoms with Crippen LogP contribution in [0.1, 0.15) is 30.4 Å². The average Bonchev–Trinajstić information content (AvgIpc) is 3.45. The zero-order valence-corrected chi connectivity index (χ0v) is 22.8. The lowest BCUT2D eigenvalue weighted by atomic mass is 10.1. The average molecular weight is 538 g/mol. The van der Waals surface area contributed by atoms with Gasteiger partial charge in [-0.3, -0.25) is 9.69 Å². The van der Waals surface area contributed by atoms with Gasteiger partial charge in [-0.05, 0) is 66.9 Å². The third-order valence-electron chi connectivity index (χ3n) is 7.00. The molecule has 3 aromatic rings. The first kappa shape index (κ1) is 24.7. The SMILES string of the molecule is CN1/C(=C2/S/C(=N\c3cc(C#N)ccc3N3CCCCC3)N(Cc3ccccc3)C2=O)Sc2ccccc21. The highest BCUT2D eigenvalue weighted by Crippen LogP contribution is 2.50. The van der Waals surface area contributed by atoms with Gasteiger partial charge < -0.3 is 9.80 Å². The van der Waals surface area contributed by atoms with Crippen molar-refractivity contribution in [2.24, 2.45) is 4.99 Å². The Bertz CT molecular complexity index is 1490. The Hall–Kier alpha value is -3.67. The van der Waals surface area contributed by atoms with E-state index in [1.807, 2.05) is 67.7 Å². The first-order valence-electron chi connectivity index (χ1n) is 12.8. The molecule has 0 aromatic heterocycles. The first-order chi connectivity index (χ1) is 18.6. The van der Waals surface area contributed by atoms with Crippen LogP contribution in [0.2, 0.25) is 0 Å². The van der Waals surface area contributed by atoms with Gasteiger partial charge in [0.25, 0.3) is 5.91 Å². The van der Waals surface area contributed by atoms with E-state index in [-0.39, 0.29) is 5.91 Å². The summed E-state index contributed by atoms with van der Waals surface area (Å²) in [4.78, 5) is 27.1. The number of para-hydroxylation sites is 1. The highest BCUT2D eigenvalue weighted by atomic mass is 32.2. The van der Waals surface area contributed by atoms with Crippen molar-refractivity contribution in [3.63, 3.8) is 0 Å². The van der Waals surface area contributed by atoms with Crippen LogP contribution in [0.3, 0.4) is 0 Å². The minimum Gasteiger partial charge on any atom is -0.370 e. The summed E-state index contributed by atoms with van der Waals surface area (Å²) in [6.45, 7) is 2.37. The Morgan fingerprint density at radius 2 is 1.68 bits per heavy atom. The minimum atomic E-state index is -0.0456. The van der Waals surface area contributed by atoms with Crippen LogP contribution in [0.5, 0.6) is 0 Å². The van der Waals surface area contributed by atoms with Crippen LogP contribution in [0.15, 0.2) is 92.6 Å². The van der Waals surface area contributed by atoms with Crippen molar-refractivity contribution >= 4 is 51.7 Å². The lowest BCUT2D eigenvalue weighted by Gasteiger charge is -2.30. The summed E-state index contributed by atoms with van der Waals surface area (Å²) >= 11 is 3.05. The standard InChI is InChI=1S/C30H27N5OS2/c1-33-25-12-6-7-13-26(25)37-29(33)27-28(36)35(20-21-10-4-2-5-11-21)30(38-27)32-23-18-22(19-31)14-15-24(23)34-16-8-3-9-17-34/h2,4-7,10-15,18H,3,8-9,16-17,20H2,1H3/b29-27-,32-30-. The molecular formula is C30H27N5OS2. The third-order valence-corrected chi connectivity index (χ3v) is 9.43. The molecule has 0 atom stereocenters. The molecule has 190 valence electrons. The summed E-state index contributed by atoms with van der Waals surface area (Å²) in [5.74, 6) is -0.0456. The Balaban J connectivity index is 1.44. The number of amides is 1. The number of carbonyl (C=O) groups is 1. The van der Waals surface area contributed by atoms with Crippen LogP contribution >= 0.6 is 23.5 Å². The van der Waals surface area contributed by atoms with E-state index in [4.69, 9.17) is 4.99 Å². The van der Waals surface area contributed by atoms with Gasteiger partial charge in [-0.15, -0.1) is 0 Å². The zero-order valence-electron chi connectivity index (χ0n) is 21.1. The van der Waals surface area contributed by atoms with Crippen molar-refractivity contribution in [3.8, 4) is 6.07 Å². The Morgan fingerprint density at radius 1 is 0.921 bits per heavy atom. The molecule has 1 amide bonds. The van der Waals surface area contributed by atoms with E-state index < -0.39 is 0 Å². The number of hydrogen-bond donors (Lipinski definition) is 0. The molecule has 0 aliphatic carbocycles. The van der Waals surface area contributed by atoms with Crippen LogP contribution in [-0.2, 0) is 11.3 Å². The van der Waals surface area contributed by atoms with Crippen LogP contribution in [0.25, 0.3) is 0 Å². The van der Waals surface area contributed by atoms with E-state index in [0.717, 1.165) is 58.5 Å². The molecule has 0 saturated carbocycles. The number of nitrogens with zero attached hydrogens (tertiary/aromatic N) is 5. The molecule has 38 heavy (non-hydrogen) atoms. The number of anilines is 2. The lowest BCUT2D eigenvalue weighted by Crippen LogP contribution is -2.30. The molecule has 0 spiro atoms. The summed E-state index contributed by atoms with van der Waals surface area (Å²) in [5, 5.41) is 11.2. The third kappa shape index (κ3) is 4.68. The molecule has 0 bridgehead atoms. The molecule has 3 aliphatic rings. The highest BCUT2D eigenvalue weighted by molar-refractivity contribution is 8.19. The Labute approximate surface area is 231 Å². The minimum absolute atomic E-state index is 0.0456. The normalized spacial score (nSPS) is 20.3. The van der Waals surface area contributed by atoms with Gasteiger partial charge in [-0.1, -0.05) is 54.2 Å². The second kappa shape index (κ2) is 10.6. The van der Waals surface area contributed by atoms with Gasteiger partial charge in [0.1, 0.15) is 4.91 Å². The predicted molar refractivity (Wildman–Crippen MR) is 157 cm³/mol. The summed E-state index contributed by atoms with van der Waals surface area (Å²) < 4.78 is 0. The molecule has 2 saturated heterocycles. The highest BCUT2D eigenvalue weighted by Gasteiger charge is 2.39. The van der Waals surface area contributed by atoms with Crippen LogP contribution < -0.4 is 9.80 Å². The fraction of sp³-hybridized carbons (Fsp3) is 0.233. The van der Waals surface area contributed by atoms with Crippen LogP contribution in [0.4, 0.5) is 17.1 Å². The second-order valence-electron chi connectivity index (χ2n) is 9.50. The maximum Gasteiger partial charge on any atom is 0.269 e. The number of benzene rings is 3. The maximum atomic E-state index is 14.0. The second-order valence-corrected chi connectivity index (χ2v) is 11.5. The van der Waals surface area contributed by atoms with E-state index in [1.54, 1.807) is 16.7 Å². The molecule has 6 rings (SSSR count). The lowest BCUT2D eigenvalue weighted by molar-refractivity contribution is -0.122. The predicted octanol–water partition coefficient (Wildman–Crippen LogP) is 6.72. The van der Waals surface area contributed by atoms with Gasteiger partial charge in [0, 0.05) is 25.0 Å². The fourth-order valence-corrected chi connectivity index (χ4v) is 7.35. The Kier molecular flexibility index (Phi) is 6.88. The van der Waals surface area contributed by atoms with E-state index in [1.165, 1.54) is 18.2 Å². The molecule has 2 fully saturated rings. The number of amidine groups is 1. The van der Waals surface area contributed by atoms with Crippen molar-refractivity contribution in [2.75, 3.05) is 29.9 Å². The van der Waals surface area contributed by atoms with Crippen molar-refractivity contribution in [2.45, 2.75) is 30.7 Å². The molecule has 6 nitrogen and oxygen atoms in total. The summed E-state index contributed by atoms with van der Waals surface area (Å²) in [6.07, 6.45) is 3.52. The summed E-state index contributed by atoms with van der Waals surface area (Å²) in [6, 6.07) is 26.2. The van der Waals surface area contributed by atoms with Crippen molar-refractivity contribution in [3.05, 3.63) is 93.9 Å². The van der Waals surface area contributed by atoms with Gasteiger partial charge in [-0.25, -0.2) is 4.99 Å². The Morgan fingerprint density at radius 3 is 2.45 bits per heavy atom. The monoisotopic (exact) mass is 537 g/mol. The topological polar surface area (TPSA) is 62.9 Å². The molecule has 3 aliphatic heterocycles. The van der Waals surface area contributed by atoms with Crippen LogP contribution in [-0.4, -0.2) is 36.1 Å². The zero-order chi connectivity index (χ0) is 26.1. The summed E-state index contributed by atoms with van der Waals surface area (Å²) in [5.41, 5.74) is 4.46. The van der Waals surface area contributed by atoms with Gasteiger partial charge in [0.2, 0.25) is 0 Å². The van der Waals surface area contributed by atoms with E-state index in [0.29, 0.717) is 22.2 Å².